The molecule has 2 heterocycles. The molecule has 3 aromatic rings. The van der Waals surface area contributed by atoms with Gasteiger partial charge in [-0.15, -0.1) is 11.3 Å². The summed E-state index contributed by atoms with van der Waals surface area (Å²) >= 11 is 7.42. The van der Waals surface area contributed by atoms with Crippen LogP contribution in [0.1, 0.15) is 0 Å². The van der Waals surface area contributed by atoms with E-state index in [9.17, 15) is 4.39 Å². The second kappa shape index (κ2) is 4.05. The molecule has 0 N–H and O–H groups in total. The Morgan fingerprint density at radius 1 is 1.18 bits per heavy atom. The third kappa shape index (κ3) is 2.01. The van der Waals surface area contributed by atoms with Crippen LogP contribution in [0, 0.1) is 5.95 Å². The molecule has 0 unspecified atom stereocenters. The molecule has 0 atom stereocenters. The number of halogens is 2. The lowest BCUT2D eigenvalue weighted by molar-refractivity contribution is 0.584. The van der Waals surface area contributed by atoms with E-state index < -0.39 is 5.95 Å². The molecule has 17 heavy (non-hydrogen) atoms. The molecule has 0 aliphatic carbocycles. The molecule has 0 fully saturated rings. The third-order valence-electron chi connectivity index (χ3n) is 2.32. The van der Waals surface area contributed by atoms with Crippen molar-refractivity contribution in [2.24, 2.45) is 0 Å². The van der Waals surface area contributed by atoms with E-state index in [-0.39, 0.29) is 0 Å². The number of hydrogen-bond acceptors (Lipinski definition) is 3. The normalized spacial score (nSPS) is 10.9. The Hall–Kier alpha value is -1.52. The summed E-state index contributed by atoms with van der Waals surface area (Å²) in [6.45, 7) is 0. The molecule has 0 aliphatic heterocycles. The van der Waals surface area contributed by atoms with E-state index in [1.165, 1.54) is 23.6 Å². The maximum atomic E-state index is 12.7. The molecule has 0 saturated carbocycles. The van der Waals surface area contributed by atoms with Gasteiger partial charge in [-0.25, -0.2) is 9.97 Å². The van der Waals surface area contributed by atoms with Gasteiger partial charge in [0.15, 0.2) is 0 Å². The van der Waals surface area contributed by atoms with Gasteiger partial charge in [-0.1, -0.05) is 11.6 Å². The number of pyridine rings is 1. The summed E-state index contributed by atoms with van der Waals surface area (Å²) in [7, 11) is 0. The lowest BCUT2D eigenvalue weighted by Crippen LogP contribution is -1.82. The zero-order valence-corrected chi connectivity index (χ0v) is 10.1. The van der Waals surface area contributed by atoms with Gasteiger partial charge >= 0.3 is 0 Å². The number of nitrogens with zero attached hydrogens (tertiary/aromatic N) is 2. The van der Waals surface area contributed by atoms with Gasteiger partial charge in [-0.2, -0.15) is 4.39 Å². The van der Waals surface area contributed by atoms with Crippen LogP contribution in [0.2, 0.25) is 5.02 Å². The first-order valence-corrected chi connectivity index (χ1v) is 6.10. The summed E-state index contributed by atoms with van der Waals surface area (Å²) in [4.78, 5) is 8.07. The van der Waals surface area contributed by atoms with Gasteiger partial charge in [0.1, 0.15) is 5.01 Å². The number of benzene rings is 1. The van der Waals surface area contributed by atoms with Crippen LogP contribution in [0.3, 0.4) is 0 Å². The molecule has 0 saturated heterocycles. The van der Waals surface area contributed by atoms with E-state index in [1.54, 1.807) is 12.1 Å². The van der Waals surface area contributed by atoms with E-state index in [0.29, 0.717) is 5.02 Å². The fourth-order valence-corrected chi connectivity index (χ4v) is 2.76. The summed E-state index contributed by atoms with van der Waals surface area (Å²) in [5, 5.41) is 1.50. The molecule has 0 spiro atoms. The molecule has 0 aliphatic rings. The van der Waals surface area contributed by atoms with E-state index in [1.807, 2.05) is 12.1 Å². The first-order valence-electron chi connectivity index (χ1n) is 4.90. The molecule has 5 heteroatoms. The first-order chi connectivity index (χ1) is 8.22. The van der Waals surface area contributed by atoms with Crippen LogP contribution in [0.25, 0.3) is 20.8 Å². The van der Waals surface area contributed by atoms with E-state index in [4.69, 9.17) is 11.6 Å². The Labute approximate surface area is 106 Å². The average molecular weight is 265 g/mol. The van der Waals surface area contributed by atoms with Crippen molar-refractivity contribution >= 4 is 33.2 Å². The monoisotopic (exact) mass is 264 g/mol. The van der Waals surface area contributed by atoms with Crippen molar-refractivity contribution in [1.82, 2.24) is 9.97 Å². The van der Waals surface area contributed by atoms with Gasteiger partial charge in [0.25, 0.3) is 0 Å². The van der Waals surface area contributed by atoms with E-state index >= 15 is 0 Å². The van der Waals surface area contributed by atoms with E-state index in [2.05, 4.69) is 9.97 Å². The highest BCUT2D eigenvalue weighted by Gasteiger charge is 2.07. The van der Waals surface area contributed by atoms with Crippen LogP contribution < -0.4 is 0 Å². The van der Waals surface area contributed by atoms with Crippen LogP contribution in [0.15, 0.2) is 36.5 Å². The van der Waals surface area contributed by atoms with Gasteiger partial charge < -0.3 is 0 Å². The van der Waals surface area contributed by atoms with Crippen molar-refractivity contribution in [2.75, 3.05) is 0 Å². The summed E-state index contributed by atoms with van der Waals surface area (Å²) in [5.41, 5.74) is 1.70. The Balaban J connectivity index is 2.14. The second-order valence-corrected chi connectivity index (χ2v) is 4.97. The van der Waals surface area contributed by atoms with Crippen molar-refractivity contribution in [1.29, 1.82) is 0 Å². The standard InChI is InChI=1S/C12H6ClFN2S/c13-8-2-3-9-10(5-8)17-12(16-9)7-1-4-11(14)15-6-7/h1-6H. The Kier molecular flexibility index (Phi) is 2.53. The Morgan fingerprint density at radius 2 is 2.06 bits per heavy atom. The highest BCUT2D eigenvalue weighted by molar-refractivity contribution is 7.21. The zero-order chi connectivity index (χ0) is 11.8. The minimum Gasteiger partial charge on any atom is -0.236 e. The molecule has 0 bridgehead atoms. The third-order valence-corrected chi connectivity index (χ3v) is 3.63. The molecular formula is C12H6ClFN2S. The van der Waals surface area contributed by atoms with Crippen molar-refractivity contribution in [3.63, 3.8) is 0 Å². The van der Waals surface area contributed by atoms with Gasteiger partial charge in [0.05, 0.1) is 10.2 Å². The molecule has 0 radical (unpaired) electrons. The summed E-state index contributed by atoms with van der Waals surface area (Å²) < 4.78 is 13.7. The smallest absolute Gasteiger partial charge is 0.212 e. The highest BCUT2D eigenvalue weighted by atomic mass is 35.5. The van der Waals surface area contributed by atoms with Crippen molar-refractivity contribution in [2.45, 2.75) is 0 Å². The van der Waals surface area contributed by atoms with Gasteiger partial charge in [0, 0.05) is 16.8 Å². The quantitative estimate of drug-likeness (QED) is 0.617. The van der Waals surface area contributed by atoms with Crippen LogP contribution in [-0.2, 0) is 0 Å². The molecule has 0 amide bonds. The van der Waals surface area contributed by atoms with Crippen LogP contribution in [0.5, 0.6) is 0 Å². The number of rotatable bonds is 1. The number of thiazole rings is 1. The van der Waals surface area contributed by atoms with E-state index in [0.717, 1.165) is 20.8 Å². The Bertz CT molecular complexity index is 679. The van der Waals surface area contributed by atoms with Crippen molar-refractivity contribution in [3.05, 3.63) is 47.5 Å². The number of fused-ring (bicyclic) bond motifs is 1. The first kappa shape index (κ1) is 10.6. The predicted molar refractivity (Wildman–Crippen MR) is 67.8 cm³/mol. The fraction of sp³-hybridized carbons (Fsp3) is 0. The van der Waals surface area contributed by atoms with Crippen LogP contribution in [-0.4, -0.2) is 9.97 Å². The summed E-state index contributed by atoms with van der Waals surface area (Å²) in [6, 6.07) is 8.54. The van der Waals surface area contributed by atoms with Crippen LogP contribution in [0.4, 0.5) is 4.39 Å². The SMILES string of the molecule is Fc1ccc(-c2nc3ccc(Cl)cc3s2)cn1. The van der Waals surface area contributed by atoms with Gasteiger partial charge in [-0.05, 0) is 30.3 Å². The van der Waals surface area contributed by atoms with Gasteiger partial charge in [0.2, 0.25) is 5.95 Å². The molecule has 1 aromatic carbocycles. The Morgan fingerprint density at radius 3 is 2.82 bits per heavy atom. The summed E-state index contributed by atoms with van der Waals surface area (Å²) in [5.74, 6) is -0.488. The fourth-order valence-electron chi connectivity index (χ4n) is 1.52. The maximum absolute atomic E-state index is 12.7. The predicted octanol–water partition coefficient (Wildman–Crippen LogP) is 4.15. The minimum atomic E-state index is -0.488. The van der Waals surface area contributed by atoms with Crippen LogP contribution >= 0.6 is 22.9 Å². The topological polar surface area (TPSA) is 25.8 Å². The lowest BCUT2D eigenvalue weighted by Gasteiger charge is -1.93. The van der Waals surface area contributed by atoms with Gasteiger partial charge in [-0.3, -0.25) is 0 Å². The molecular weight excluding hydrogens is 259 g/mol. The zero-order valence-electron chi connectivity index (χ0n) is 8.52. The second-order valence-electron chi connectivity index (χ2n) is 3.50. The van der Waals surface area contributed by atoms with Crippen molar-refractivity contribution < 1.29 is 4.39 Å². The maximum Gasteiger partial charge on any atom is 0.212 e. The molecule has 2 aromatic heterocycles. The minimum absolute atomic E-state index is 0.488. The number of aromatic nitrogens is 2. The summed E-state index contributed by atoms with van der Waals surface area (Å²) in [6.07, 6.45) is 1.48. The molecule has 3 rings (SSSR count). The lowest BCUT2D eigenvalue weighted by atomic mass is 10.3. The number of hydrogen-bond donors (Lipinski definition) is 0. The molecule has 84 valence electrons. The van der Waals surface area contributed by atoms with Crippen molar-refractivity contribution in [3.8, 4) is 10.6 Å². The molecule has 2 nitrogen and oxygen atoms in total. The largest absolute Gasteiger partial charge is 0.236 e. The average Bonchev–Trinajstić information content (AvgIpc) is 2.72. The highest BCUT2D eigenvalue weighted by Crippen LogP contribution is 2.31.